The first-order valence-electron chi connectivity index (χ1n) is 9.81. The molecule has 1 fully saturated rings. The molecule has 7 nitrogen and oxygen atoms in total. The first-order chi connectivity index (χ1) is 15.2. The van der Waals surface area contributed by atoms with Gasteiger partial charge < -0.3 is 14.5 Å². The van der Waals surface area contributed by atoms with Gasteiger partial charge in [0, 0.05) is 49.1 Å². The third-order valence-electron chi connectivity index (χ3n) is 4.99. The Morgan fingerprint density at radius 1 is 1.03 bits per heavy atom. The van der Waals surface area contributed by atoms with Crippen LogP contribution in [-0.4, -0.2) is 51.9 Å². The number of hydrogen-bond acceptors (Lipinski definition) is 7. The van der Waals surface area contributed by atoms with Gasteiger partial charge in [0.2, 0.25) is 5.88 Å². The van der Waals surface area contributed by atoms with Crippen molar-refractivity contribution >= 4 is 48.7 Å². The summed E-state index contributed by atoms with van der Waals surface area (Å²) in [7, 11) is 0. The van der Waals surface area contributed by atoms with Crippen molar-refractivity contribution < 1.29 is 9.53 Å². The van der Waals surface area contributed by atoms with Crippen LogP contribution in [0.25, 0.3) is 10.3 Å². The number of carbonyl (C=O) groups is 1. The number of rotatable bonds is 4. The zero-order valence-electron chi connectivity index (χ0n) is 16.4. The molecule has 5 rings (SSSR count). The minimum absolute atomic E-state index is 0.0212. The molecule has 3 aromatic heterocycles. The maximum atomic E-state index is 12.9. The Balaban J connectivity index is 1.21. The number of thiazole rings is 1. The molecule has 1 aromatic carbocycles. The number of hydrogen-bond donors (Lipinski definition) is 0. The maximum Gasteiger partial charge on any atom is 0.255 e. The summed E-state index contributed by atoms with van der Waals surface area (Å²) in [6.45, 7) is 2.75. The zero-order valence-corrected chi connectivity index (χ0v) is 18.8. The third-order valence-corrected chi connectivity index (χ3v) is 6.53. The Hall–Kier alpha value is -3.04. The number of nitrogens with zero attached hydrogens (tertiary/aromatic N) is 5. The molecule has 4 heterocycles. The molecule has 0 radical (unpaired) electrons. The van der Waals surface area contributed by atoms with Crippen LogP contribution in [0.1, 0.15) is 10.4 Å². The molecule has 0 atom stereocenters. The van der Waals surface area contributed by atoms with Gasteiger partial charge in [0.25, 0.3) is 5.91 Å². The zero-order chi connectivity index (χ0) is 21.2. The molecule has 1 amide bonds. The standard InChI is InChI=1S/C22H18BrN5O2S/c23-16-3-1-4-17(13-16)30-19-7-6-15(14-25-19)21(29)27-9-11-28(12-10-27)22-26-18-5-2-8-24-20(18)31-22/h1-8,13-14H,9-12H2. The molecule has 156 valence electrons. The van der Waals surface area contributed by atoms with Crippen molar-refractivity contribution in [2.75, 3.05) is 31.1 Å². The molecule has 1 aliphatic rings. The van der Waals surface area contributed by atoms with E-state index in [-0.39, 0.29) is 5.91 Å². The Kier molecular flexibility index (Phi) is 5.52. The molecule has 0 unspecified atom stereocenters. The Morgan fingerprint density at radius 3 is 2.65 bits per heavy atom. The normalized spacial score (nSPS) is 14.1. The molecule has 9 heteroatoms. The van der Waals surface area contributed by atoms with E-state index in [4.69, 9.17) is 4.74 Å². The van der Waals surface area contributed by atoms with Gasteiger partial charge in [0.15, 0.2) is 5.13 Å². The number of benzene rings is 1. The van der Waals surface area contributed by atoms with Crippen LogP contribution in [0, 0.1) is 0 Å². The number of piperazine rings is 1. The summed E-state index contributed by atoms with van der Waals surface area (Å²) in [5, 5.41) is 0.955. The molecule has 0 aliphatic carbocycles. The topological polar surface area (TPSA) is 71.5 Å². The number of anilines is 1. The summed E-state index contributed by atoms with van der Waals surface area (Å²) in [6.07, 6.45) is 3.35. The summed E-state index contributed by atoms with van der Waals surface area (Å²) in [6, 6.07) is 14.9. The lowest BCUT2D eigenvalue weighted by molar-refractivity contribution is 0.0746. The van der Waals surface area contributed by atoms with E-state index in [1.807, 2.05) is 41.3 Å². The number of aromatic nitrogens is 3. The van der Waals surface area contributed by atoms with E-state index in [1.165, 1.54) is 0 Å². The van der Waals surface area contributed by atoms with Crippen molar-refractivity contribution in [3.63, 3.8) is 0 Å². The van der Waals surface area contributed by atoms with Crippen molar-refractivity contribution in [3.8, 4) is 11.6 Å². The van der Waals surface area contributed by atoms with Gasteiger partial charge in [-0.25, -0.2) is 15.0 Å². The van der Waals surface area contributed by atoms with Crippen LogP contribution >= 0.6 is 27.3 Å². The first-order valence-corrected chi connectivity index (χ1v) is 11.4. The molecule has 31 heavy (non-hydrogen) atoms. The van der Waals surface area contributed by atoms with E-state index in [0.29, 0.717) is 30.3 Å². The van der Waals surface area contributed by atoms with Crippen LogP contribution in [0.4, 0.5) is 5.13 Å². The van der Waals surface area contributed by atoms with Crippen molar-refractivity contribution in [1.29, 1.82) is 0 Å². The van der Waals surface area contributed by atoms with Gasteiger partial charge in [-0.2, -0.15) is 0 Å². The maximum absolute atomic E-state index is 12.9. The Morgan fingerprint density at radius 2 is 1.90 bits per heavy atom. The quantitative estimate of drug-likeness (QED) is 0.411. The van der Waals surface area contributed by atoms with Crippen LogP contribution in [0.3, 0.4) is 0 Å². The minimum atomic E-state index is -0.0212. The Bertz CT molecular complexity index is 1190. The van der Waals surface area contributed by atoms with E-state index in [9.17, 15) is 4.79 Å². The Labute approximate surface area is 191 Å². The second kappa shape index (κ2) is 8.60. The monoisotopic (exact) mass is 495 g/mol. The molecular formula is C22H18BrN5O2S. The summed E-state index contributed by atoms with van der Waals surface area (Å²) < 4.78 is 6.67. The van der Waals surface area contributed by atoms with Crippen molar-refractivity contribution in [2.45, 2.75) is 0 Å². The summed E-state index contributed by atoms with van der Waals surface area (Å²) >= 11 is 5.00. The summed E-state index contributed by atoms with van der Waals surface area (Å²) in [5.41, 5.74) is 1.47. The average molecular weight is 496 g/mol. The highest BCUT2D eigenvalue weighted by Gasteiger charge is 2.24. The number of amides is 1. The molecule has 0 spiro atoms. The number of fused-ring (bicyclic) bond motifs is 1. The fourth-order valence-corrected chi connectivity index (χ4v) is 4.73. The predicted molar refractivity (Wildman–Crippen MR) is 124 cm³/mol. The fourth-order valence-electron chi connectivity index (χ4n) is 3.40. The van der Waals surface area contributed by atoms with Gasteiger partial charge >= 0.3 is 0 Å². The SMILES string of the molecule is O=C(c1ccc(Oc2cccc(Br)c2)nc1)N1CCN(c2nc3cccnc3s2)CC1. The fraction of sp³-hybridized carbons (Fsp3) is 0.182. The molecule has 0 N–H and O–H groups in total. The molecule has 1 aliphatic heterocycles. The molecular weight excluding hydrogens is 478 g/mol. The summed E-state index contributed by atoms with van der Waals surface area (Å²) in [4.78, 5) is 31.2. The van der Waals surface area contributed by atoms with Gasteiger partial charge in [-0.3, -0.25) is 4.79 Å². The number of ether oxygens (including phenoxy) is 1. The van der Waals surface area contributed by atoms with Crippen molar-refractivity contribution in [1.82, 2.24) is 19.9 Å². The lowest BCUT2D eigenvalue weighted by atomic mass is 10.2. The second-order valence-corrected chi connectivity index (χ2v) is 8.92. The van der Waals surface area contributed by atoms with E-state index in [1.54, 1.807) is 35.9 Å². The van der Waals surface area contributed by atoms with E-state index in [2.05, 4.69) is 35.8 Å². The van der Waals surface area contributed by atoms with Gasteiger partial charge in [-0.05, 0) is 36.4 Å². The predicted octanol–water partition coefficient (Wildman–Crippen LogP) is 4.60. The van der Waals surface area contributed by atoms with Gasteiger partial charge in [-0.1, -0.05) is 33.3 Å². The highest BCUT2D eigenvalue weighted by atomic mass is 79.9. The van der Waals surface area contributed by atoms with Crippen molar-refractivity contribution in [2.24, 2.45) is 0 Å². The third kappa shape index (κ3) is 4.38. The van der Waals surface area contributed by atoms with E-state index >= 15 is 0 Å². The van der Waals surface area contributed by atoms with E-state index in [0.717, 1.165) is 33.0 Å². The molecule has 0 saturated carbocycles. The number of halogens is 1. The smallest absolute Gasteiger partial charge is 0.255 e. The highest BCUT2D eigenvalue weighted by molar-refractivity contribution is 9.10. The molecule has 4 aromatic rings. The van der Waals surface area contributed by atoms with Gasteiger partial charge in [0.1, 0.15) is 16.1 Å². The second-order valence-electron chi connectivity index (χ2n) is 7.05. The van der Waals surface area contributed by atoms with Crippen LogP contribution in [-0.2, 0) is 0 Å². The van der Waals surface area contributed by atoms with Gasteiger partial charge in [0.05, 0.1) is 5.56 Å². The lowest BCUT2D eigenvalue weighted by Gasteiger charge is -2.34. The van der Waals surface area contributed by atoms with Crippen LogP contribution < -0.4 is 9.64 Å². The van der Waals surface area contributed by atoms with Crippen LogP contribution in [0.2, 0.25) is 0 Å². The molecule has 1 saturated heterocycles. The van der Waals surface area contributed by atoms with E-state index < -0.39 is 0 Å². The molecule has 0 bridgehead atoms. The number of carbonyl (C=O) groups excluding carboxylic acids is 1. The van der Waals surface area contributed by atoms with Crippen LogP contribution in [0.5, 0.6) is 11.6 Å². The van der Waals surface area contributed by atoms with Gasteiger partial charge in [-0.15, -0.1) is 0 Å². The highest BCUT2D eigenvalue weighted by Crippen LogP contribution is 2.28. The lowest BCUT2D eigenvalue weighted by Crippen LogP contribution is -2.48. The summed E-state index contributed by atoms with van der Waals surface area (Å²) in [5.74, 6) is 1.11. The number of pyridine rings is 2. The largest absolute Gasteiger partial charge is 0.439 e. The van der Waals surface area contributed by atoms with Crippen molar-refractivity contribution in [3.05, 3.63) is 71.0 Å². The minimum Gasteiger partial charge on any atom is -0.439 e. The average Bonchev–Trinajstić information content (AvgIpc) is 3.24. The van der Waals surface area contributed by atoms with Crippen LogP contribution in [0.15, 0.2) is 65.4 Å². The first kappa shape index (κ1) is 19.9.